The second-order valence-corrected chi connectivity index (χ2v) is 3.84. The molecule has 0 radical (unpaired) electrons. The molecule has 0 aromatic rings. The Labute approximate surface area is 69.7 Å². The number of hydrogen-bond donors (Lipinski definition) is 1. The molecule has 0 heterocycles. The summed E-state index contributed by atoms with van der Waals surface area (Å²) < 4.78 is 0. The zero-order chi connectivity index (χ0) is 8.27. The molecule has 64 valence electrons. The first-order valence-electron chi connectivity index (χ1n) is 4.60. The molecule has 0 aliphatic heterocycles. The largest absolute Gasteiger partial charge is 0.327 e. The van der Waals surface area contributed by atoms with Crippen molar-refractivity contribution in [3.63, 3.8) is 0 Å². The van der Waals surface area contributed by atoms with E-state index in [-0.39, 0.29) is 0 Å². The maximum absolute atomic E-state index is 5.96. The van der Waals surface area contributed by atoms with Gasteiger partial charge < -0.3 is 5.73 Å². The molecule has 0 aromatic carbocycles. The standard InChI is InChI=1S/C10H19N/c1-3-4-9-6-5-8(2)10(11)7-9/h3,8-10H,1,4-7,11H2,2H3. The van der Waals surface area contributed by atoms with Gasteiger partial charge in [0.25, 0.3) is 0 Å². The highest BCUT2D eigenvalue weighted by Crippen LogP contribution is 2.29. The third-order valence-corrected chi connectivity index (χ3v) is 2.87. The van der Waals surface area contributed by atoms with E-state index in [4.69, 9.17) is 5.73 Å². The molecule has 1 nitrogen and oxygen atoms in total. The van der Waals surface area contributed by atoms with Crippen LogP contribution in [0.25, 0.3) is 0 Å². The molecule has 1 aliphatic carbocycles. The van der Waals surface area contributed by atoms with Crippen LogP contribution in [0.2, 0.25) is 0 Å². The van der Waals surface area contributed by atoms with E-state index in [1.165, 1.54) is 19.3 Å². The van der Waals surface area contributed by atoms with Crippen LogP contribution < -0.4 is 5.73 Å². The minimum Gasteiger partial charge on any atom is -0.327 e. The third-order valence-electron chi connectivity index (χ3n) is 2.87. The quantitative estimate of drug-likeness (QED) is 0.605. The van der Waals surface area contributed by atoms with Crippen molar-refractivity contribution in [3.8, 4) is 0 Å². The molecule has 11 heavy (non-hydrogen) atoms. The second kappa shape index (κ2) is 3.91. The molecule has 3 atom stereocenters. The summed E-state index contributed by atoms with van der Waals surface area (Å²) in [5.41, 5.74) is 5.96. The van der Waals surface area contributed by atoms with Crippen LogP contribution in [0.15, 0.2) is 12.7 Å². The highest BCUT2D eigenvalue weighted by molar-refractivity contribution is 4.83. The van der Waals surface area contributed by atoms with Crippen LogP contribution in [0.1, 0.15) is 32.6 Å². The topological polar surface area (TPSA) is 26.0 Å². The van der Waals surface area contributed by atoms with Gasteiger partial charge in [-0.25, -0.2) is 0 Å². The van der Waals surface area contributed by atoms with Crippen LogP contribution in [-0.2, 0) is 0 Å². The van der Waals surface area contributed by atoms with E-state index in [1.807, 2.05) is 6.08 Å². The van der Waals surface area contributed by atoms with Gasteiger partial charge in [0.1, 0.15) is 0 Å². The van der Waals surface area contributed by atoms with Gasteiger partial charge >= 0.3 is 0 Å². The Bertz CT molecular complexity index is 131. The summed E-state index contributed by atoms with van der Waals surface area (Å²) in [6.45, 7) is 6.02. The van der Waals surface area contributed by atoms with Crippen molar-refractivity contribution in [3.05, 3.63) is 12.7 Å². The summed E-state index contributed by atoms with van der Waals surface area (Å²) in [6.07, 6.45) is 7.03. The summed E-state index contributed by atoms with van der Waals surface area (Å²) in [5.74, 6) is 1.55. The first-order chi connectivity index (χ1) is 5.24. The predicted molar refractivity (Wildman–Crippen MR) is 49.3 cm³/mol. The maximum Gasteiger partial charge on any atom is 0.00672 e. The predicted octanol–water partition coefficient (Wildman–Crippen LogP) is 2.33. The average Bonchev–Trinajstić information content (AvgIpc) is 1.98. The Kier molecular flexibility index (Phi) is 3.13. The first-order valence-corrected chi connectivity index (χ1v) is 4.60. The number of allylic oxidation sites excluding steroid dienone is 1. The highest BCUT2D eigenvalue weighted by atomic mass is 14.7. The Morgan fingerprint density at radius 2 is 2.27 bits per heavy atom. The molecule has 0 spiro atoms. The number of hydrogen-bond acceptors (Lipinski definition) is 1. The molecule has 2 N–H and O–H groups in total. The van der Waals surface area contributed by atoms with Crippen molar-refractivity contribution in [2.75, 3.05) is 0 Å². The molecule has 0 saturated heterocycles. The lowest BCUT2D eigenvalue weighted by atomic mass is 9.78. The molecule has 1 saturated carbocycles. The Morgan fingerprint density at radius 3 is 2.82 bits per heavy atom. The van der Waals surface area contributed by atoms with Crippen molar-refractivity contribution in [2.45, 2.75) is 38.6 Å². The van der Waals surface area contributed by atoms with Gasteiger partial charge in [-0.2, -0.15) is 0 Å². The highest BCUT2D eigenvalue weighted by Gasteiger charge is 2.23. The summed E-state index contributed by atoms with van der Waals surface area (Å²) in [4.78, 5) is 0. The van der Waals surface area contributed by atoms with Gasteiger partial charge in [-0.05, 0) is 37.5 Å². The minimum atomic E-state index is 0.439. The summed E-state index contributed by atoms with van der Waals surface area (Å²) in [6, 6.07) is 0.439. The zero-order valence-corrected chi connectivity index (χ0v) is 7.42. The fraction of sp³-hybridized carbons (Fsp3) is 0.800. The van der Waals surface area contributed by atoms with Crippen molar-refractivity contribution < 1.29 is 0 Å². The molecular weight excluding hydrogens is 134 g/mol. The van der Waals surface area contributed by atoms with Crippen LogP contribution in [0.4, 0.5) is 0 Å². The fourth-order valence-electron chi connectivity index (χ4n) is 1.90. The van der Waals surface area contributed by atoms with E-state index in [0.29, 0.717) is 6.04 Å². The normalized spacial score (nSPS) is 38.5. The van der Waals surface area contributed by atoms with E-state index >= 15 is 0 Å². The Morgan fingerprint density at radius 1 is 1.55 bits per heavy atom. The van der Waals surface area contributed by atoms with Crippen molar-refractivity contribution in [1.29, 1.82) is 0 Å². The Balaban J connectivity index is 2.33. The smallest absolute Gasteiger partial charge is 0.00672 e. The monoisotopic (exact) mass is 153 g/mol. The van der Waals surface area contributed by atoms with Crippen molar-refractivity contribution in [2.24, 2.45) is 17.6 Å². The third kappa shape index (κ3) is 2.33. The lowest BCUT2D eigenvalue weighted by Gasteiger charge is -2.31. The van der Waals surface area contributed by atoms with Gasteiger partial charge in [0.05, 0.1) is 0 Å². The number of rotatable bonds is 2. The van der Waals surface area contributed by atoms with Gasteiger partial charge in [0.15, 0.2) is 0 Å². The molecular formula is C10H19N. The van der Waals surface area contributed by atoms with Gasteiger partial charge in [0.2, 0.25) is 0 Å². The van der Waals surface area contributed by atoms with Gasteiger partial charge in [-0.1, -0.05) is 13.0 Å². The van der Waals surface area contributed by atoms with E-state index in [0.717, 1.165) is 18.3 Å². The molecule has 0 aromatic heterocycles. The summed E-state index contributed by atoms with van der Waals surface area (Å²) in [5, 5.41) is 0. The summed E-state index contributed by atoms with van der Waals surface area (Å²) in [7, 11) is 0. The van der Waals surface area contributed by atoms with Gasteiger partial charge in [0, 0.05) is 6.04 Å². The van der Waals surface area contributed by atoms with Crippen LogP contribution in [0.3, 0.4) is 0 Å². The lowest BCUT2D eigenvalue weighted by molar-refractivity contribution is 0.253. The number of nitrogens with two attached hydrogens (primary N) is 1. The van der Waals surface area contributed by atoms with E-state index < -0.39 is 0 Å². The fourth-order valence-corrected chi connectivity index (χ4v) is 1.90. The molecule has 1 heteroatoms. The van der Waals surface area contributed by atoms with Crippen molar-refractivity contribution >= 4 is 0 Å². The van der Waals surface area contributed by atoms with Crippen molar-refractivity contribution in [1.82, 2.24) is 0 Å². The van der Waals surface area contributed by atoms with E-state index in [1.54, 1.807) is 0 Å². The second-order valence-electron chi connectivity index (χ2n) is 3.84. The van der Waals surface area contributed by atoms with Crippen LogP contribution in [-0.4, -0.2) is 6.04 Å². The van der Waals surface area contributed by atoms with Crippen LogP contribution in [0.5, 0.6) is 0 Å². The van der Waals surface area contributed by atoms with E-state index in [2.05, 4.69) is 13.5 Å². The van der Waals surface area contributed by atoms with Crippen LogP contribution >= 0.6 is 0 Å². The molecule has 1 aliphatic rings. The molecule has 0 amide bonds. The molecule has 0 bridgehead atoms. The van der Waals surface area contributed by atoms with Gasteiger partial charge in [-0.15, -0.1) is 6.58 Å². The summed E-state index contributed by atoms with van der Waals surface area (Å²) >= 11 is 0. The van der Waals surface area contributed by atoms with Gasteiger partial charge in [-0.3, -0.25) is 0 Å². The Hall–Kier alpha value is -0.300. The minimum absolute atomic E-state index is 0.439. The van der Waals surface area contributed by atoms with Crippen LogP contribution in [0, 0.1) is 11.8 Å². The molecule has 1 rings (SSSR count). The molecule has 3 unspecified atom stereocenters. The first kappa shape index (κ1) is 8.79. The molecule has 1 fully saturated rings. The lowest BCUT2D eigenvalue weighted by Crippen LogP contribution is -2.34. The zero-order valence-electron chi connectivity index (χ0n) is 7.42. The SMILES string of the molecule is C=CCC1CCC(C)C(N)C1. The van der Waals surface area contributed by atoms with E-state index in [9.17, 15) is 0 Å². The maximum atomic E-state index is 5.96. The average molecular weight is 153 g/mol.